The monoisotopic (exact) mass is 409 g/mol. The van der Waals surface area contributed by atoms with Crippen molar-refractivity contribution in [2.24, 2.45) is 0 Å². The summed E-state index contributed by atoms with van der Waals surface area (Å²) in [6.45, 7) is 1.98. The first-order chi connectivity index (χ1) is 13.0. The zero-order valence-corrected chi connectivity index (χ0v) is 16.2. The van der Waals surface area contributed by atoms with Crippen molar-refractivity contribution in [3.8, 4) is 0 Å². The molecule has 1 amide bonds. The molecular weight excluding hydrogens is 390 g/mol. The number of halogens is 1. The third-order valence-electron chi connectivity index (χ3n) is 4.24. The minimum atomic E-state index is -3.44. The second-order valence-corrected chi connectivity index (χ2v) is 8.49. The third-order valence-corrected chi connectivity index (χ3v) is 6.32. The molecule has 0 atom stereocenters. The van der Waals surface area contributed by atoms with Crippen molar-refractivity contribution in [1.82, 2.24) is 19.6 Å². The maximum atomic E-state index is 12.5. The van der Waals surface area contributed by atoms with E-state index in [0.717, 1.165) is 5.82 Å². The number of hydrogen-bond donors (Lipinski definition) is 1. The van der Waals surface area contributed by atoms with E-state index in [4.69, 9.17) is 11.6 Å². The van der Waals surface area contributed by atoms with Gasteiger partial charge in [0.1, 0.15) is 11.0 Å². The van der Waals surface area contributed by atoms with E-state index in [9.17, 15) is 13.2 Å². The van der Waals surface area contributed by atoms with Gasteiger partial charge >= 0.3 is 0 Å². The normalized spacial score (nSPS) is 15.5. The van der Waals surface area contributed by atoms with Crippen LogP contribution < -0.4 is 10.2 Å². The van der Waals surface area contributed by atoms with Crippen LogP contribution in [0.1, 0.15) is 10.4 Å². The van der Waals surface area contributed by atoms with E-state index >= 15 is 0 Å². The summed E-state index contributed by atoms with van der Waals surface area (Å²) in [5.41, 5.74) is 0.344. The van der Waals surface area contributed by atoms with Crippen molar-refractivity contribution >= 4 is 33.3 Å². The number of nitrogens with one attached hydrogen (secondary N) is 1. The Bertz CT molecular complexity index is 886. The summed E-state index contributed by atoms with van der Waals surface area (Å²) < 4.78 is 26.5. The Kier molecular flexibility index (Phi) is 6.25. The Morgan fingerprint density at radius 3 is 2.56 bits per heavy atom. The summed E-state index contributed by atoms with van der Waals surface area (Å²) in [6, 6.07) is 8.61. The minimum Gasteiger partial charge on any atom is -0.354 e. The average molecular weight is 410 g/mol. The molecule has 1 saturated heterocycles. The highest BCUT2D eigenvalue weighted by atomic mass is 35.5. The predicted molar refractivity (Wildman–Crippen MR) is 103 cm³/mol. The first kappa shape index (κ1) is 19.5. The molecule has 1 aliphatic rings. The highest BCUT2D eigenvalue weighted by Crippen LogP contribution is 2.14. The fourth-order valence-corrected chi connectivity index (χ4v) is 4.32. The molecule has 0 aliphatic carbocycles. The van der Waals surface area contributed by atoms with Crippen LogP contribution in [-0.4, -0.2) is 67.1 Å². The molecule has 10 heteroatoms. The molecule has 27 heavy (non-hydrogen) atoms. The smallest absolute Gasteiger partial charge is 0.251 e. The van der Waals surface area contributed by atoms with Crippen molar-refractivity contribution in [3.63, 3.8) is 0 Å². The number of sulfonamides is 1. The van der Waals surface area contributed by atoms with Gasteiger partial charge in [0.15, 0.2) is 0 Å². The lowest BCUT2D eigenvalue weighted by atomic mass is 10.2. The Morgan fingerprint density at radius 1 is 1.11 bits per heavy atom. The lowest BCUT2D eigenvalue weighted by Crippen LogP contribution is -2.50. The summed E-state index contributed by atoms with van der Waals surface area (Å²) in [5.74, 6) is 0.313. The molecule has 8 nitrogen and oxygen atoms in total. The van der Waals surface area contributed by atoms with Crippen molar-refractivity contribution < 1.29 is 13.2 Å². The average Bonchev–Trinajstić information content (AvgIpc) is 2.68. The number of hydrogen-bond acceptors (Lipinski definition) is 6. The number of aromatic nitrogens is 2. The number of rotatable bonds is 6. The van der Waals surface area contributed by atoms with E-state index in [1.807, 2.05) is 18.2 Å². The van der Waals surface area contributed by atoms with Gasteiger partial charge in [-0.25, -0.2) is 18.4 Å². The summed E-state index contributed by atoms with van der Waals surface area (Å²) in [4.78, 5) is 22.2. The number of carbonyl (C=O) groups excluding carboxylic acids is 1. The summed E-state index contributed by atoms with van der Waals surface area (Å²) in [5, 5.41) is 2.81. The highest BCUT2D eigenvalue weighted by Gasteiger charge is 2.27. The fraction of sp³-hybridized carbons (Fsp3) is 0.353. The van der Waals surface area contributed by atoms with Gasteiger partial charge in [-0.1, -0.05) is 17.7 Å². The van der Waals surface area contributed by atoms with Crippen LogP contribution in [0.25, 0.3) is 0 Å². The number of piperazine rings is 1. The van der Waals surface area contributed by atoms with Crippen LogP contribution in [-0.2, 0) is 10.0 Å². The molecule has 0 aromatic carbocycles. The fourth-order valence-electron chi connectivity index (χ4n) is 2.80. The maximum absolute atomic E-state index is 12.5. The van der Waals surface area contributed by atoms with Crippen LogP contribution in [0.3, 0.4) is 0 Å². The van der Waals surface area contributed by atoms with Crippen LogP contribution in [0.5, 0.6) is 0 Å². The first-order valence-corrected chi connectivity index (χ1v) is 10.5. The Labute approximate surface area is 163 Å². The van der Waals surface area contributed by atoms with E-state index in [1.165, 1.54) is 22.6 Å². The van der Waals surface area contributed by atoms with E-state index in [2.05, 4.69) is 20.2 Å². The Balaban J connectivity index is 1.48. The molecule has 144 valence electrons. The number of carbonyl (C=O) groups is 1. The van der Waals surface area contributed by atoms with Crippen molar-refractivity contribution in [1.29, 1.82) is 0 Å². The van der Waals surface area contributed by atoms with Gasteiger partial charge in [-0.05, 0) is 24.3 Å². The maximum Gasteiger partial charge on any atom is 0.251 e. The standard InChI is InChI=1S/C17H20ClN5O3S/c18-15-13-14(4-6-19-15)17(24)21-7-12-27(25,26)23-10-8-22(9-11-23)16-3-1-2-5-20-16/h1-6,13H,7-12H2,(H,21,24). The zero-order valence-electron chi connectivity index (χ0n) is 14.6. The largest absolute Gasteiger partial charge is 0.354 e. The second-order valence-electron chi connectivity index (χ2n) is 6.01. The van der Waals surface area contributed by atoms with E-state index in [1.54, 1.807) is 6.20 Å². The molecule has 2 aromatic rings. The van der Waals surface area contributed by atoms with Gasteiger partial charge in [-0.2, -0.15) is 4.31 Å². The molecular formula is C17H20ClN5O3S. The van der Waals surface area contributed by atoms with Crippen LogP contribution in [0.2, 0.25) is 5.15 Å². The number of anilines is 1. The molecule has 1 N–H and O–H groups in total. The van der Waals surface area contributed by atoms with Gasteiger partial charge < -0.3 is 10.2 Å². The molecule has 3 rings (SSSR count). The summed E-state index contributed by atoms with van der Waals surface area (Å²) in [7, 11) is -3.44. The van der Waals surface area contributed by atoms with E-state index < -0.39 is 10.0 Å². The predicted octanol–water partition coefficient (Wildman–Crippen LogP) is 1.01. The van der Waals surface area contributed by atoms with Crippen LogP contribution in [0, 0.1) is 0 Å². The molecule has 0 spiro atoms. The van der Waals surface area contributed by atoms with Crippen molar-refractivity contribution in [3.05, 3.63) is 53.4 Å². The number of amides is 1. The quantitative estimate of drug-likeness (QED) is 0.715. The Morgan fingerprint density at radius 2 is 1.89 bits per heavy atom. The van der Waals surface area contributed by atoms with Gasteiger partial charge in [-0.3, -0.25) is 4.79 Å². The SMILES string of the molecule is O=C(NCCS(=O)(=O)N1CCN(c2ccccn2)CC1)c1ccnc(Cl)c1. The molecule has 0 saturated carbocycles. The van der Waals surface area contributed by atoms with Crippen LogP contribution in [0.15, 0.2) is 42.7 Å². The van der Waals surface area contributed by atoms with Gasteiger partial charge in [0.05, 0.1) is 5.75 Å². The van der Waals surface area contributed by atoms with Crippen molar-refractivity contribution in [2.75, 3.05) is 43.4 Å². The first-order valence-electron chi connectivity index (χ1n) is 8.49. The van der Waals surface area contributed by atoms with Crippen LogP contribution in [0.4, 0.5) is 5.82 Å². The van der Waals surface area contributed by atoms with Gasteiger partial charge in [0, 0.05) is 50.7 Å². The molecule has 1 fully saturated rings. The second kappa shape index (κ2) is 8.64. The van der Waals surface area contributed by atoms with Crippen LogP contribution >= 0.6 is 11.6 Å². The minimum absolute atomic E-state index is 0.0293. The molecule has 0 radical (unpaired) electrons. The van der Waals surface area contributed by atoms with E-state index in [-0.39, 0.29) is 23.4 Å². The molecule has 3 heterocycles. The summed E-state index contributed by atoms with van der Waals surface area (Å²) in [6.07, 6.45) is 3.15. The number of nitrogens with zero attached hydrogens (tertiary/aromatic N) is 4. The van der Waals surface area contributed by atoms with Gasteiger partial charge in [-0.15, -0.1) is 0 Å². The van der Waals surface area contributed by atoms with E-state index in [0.29, 0.717) is 31.7 Å². The molecule has 1 aliphatic heterocycles. The topological polar surface area (TPSA) is 95.5 Å². The van der Waals surface area contributed by atoms with Crippen molar-refractivity contribution in [2.45, 2.75) is 0 Å². The zero-order chi connectivity index (χ0) is 19.3. The summed E-state index contributed by atoms with van der Waals surface area (Å²) >= 11 is 5.75. The Hall–Kier alpha value is -2.23. The van der Waals surface area contributed by atoms with Gasteiger partial charge in [0.2, 0.25) is 10.0 Å². The highest BCUT2D eigenvalue weighted by molar-refractivity contribution is 7.89. The number of pyridine rings is 2. The molecule has 0 bridgehead atoms. The third kappa shape index (κ3) is 5.15. The molecule has 0 unspecified atom stereocenters. The molecule has 2 aromatic heterocycles. The lowest BCUT2D eigenvalue weighted by Gasteiger charge is -2.34. The van der Waals surface area contributed by atoms with Gasteiger partial charge in [0.25, 0.3) is 5.91 Å². The lowest BCUT2D eigenvalue weighted by molar-refractivity contribution is 0.0956.